The number of halogens is 2. The van der Waals surface area contributed by atoms with Gasteiger partial charge in [-0.1, -0.05) is 11.6 Å². The molecule has 0 radical (unpaired) electrons. The molecule has 1 aliphatic heterocycles. The predicted octanol–water partition coefficient (Wildman–Crippen LogP) is 3.55. The molecule has 1 fully saturated rings. The molecule has 3 amide bonds. The number of nitrogens with zero attached hydrogens (tertiary/aromatic N) is 4. The maximum absolute atomic E-state index is 14.0. The third-order valence-electron chi connectivity index (χ3n) is 7.35. The molecule has 9 nitrogen and oxygen atoms in total. The van der Waals surface area contributed by atoms with Crippen LogP contribution in [0, 0.1) is 5.92 Å². The SMILES string of the molecule is CN1CCc2nc(C(=O)N(C(=O)c3cc4cc(Cl)ccc4[nH]3)C3CC(C(=O)N(C)C)CCC3N)sc2C1.Cl. The van der Waals surface area contributed by atoms with Gasteiger partial charge in [0.05, 0.1) is 11.7 Å². The standard InChI is InChI=1S/C26H31ClN6O3S.ClH/c1-31(2)24(34)14-4-6-17(28)21(12-14)33(25(35)20-11-15-10-16(27)5-7-18(15)29-20)26(36)23-30-19-8-9-32(3)13-22(19)37-23;/h5,7,10-11,14,17,21,29H,4,6,8-9,12-13,28H2,1-3H3;1H. The minimum atomic E-state index is -0.638. The van der Waals surface area contributed by atoms with Gasteiger partial charge in [-0.25, -0.2) is 4.98 Å². The van der Waals surface area contributed by atoms with Gasteiger partial charge < -0.3 is 20.5 Å². The van der Waals surface area contributed by atoms with E-state index in [0.29, 0.717) is 24.3 Å². The number of imide groups is 1. The van der Waals surface area contributed by atoms with Crippen LogP contribution in [0.25, 0.3) is 10.9 Å². The number of likely N-dealkylation sites (N-methyl/N-ethyl adjacent to an activating group) is 1. The number of thiazole rings is 1. The summed E-state index contributed by atoms with van der Waals surface area (Å²) < 4.78 is 0. The highest BCUT2D eigenvalue weighted by atomic mass is 35.5. The minimum Gasteiger partial charge on any atom is -0.351 e. The van der Waals surface area contributed by atoms with E-state index in [1.54, 1.807) is 43.3 Å². The summed E-state index contributed by atoms with van der Waals surface area (Å²) in [6.45, 7) is 1.59. The van der Waals surface area contributed by atoms with Crippen LogP contribution in [0.3, 0.4) is 0 Å². The van der Waals surface area contributed by atoms with Crippen molar-refractivity contribution in [1.82, 2.24) is 24.7 Å². The maximum Gasteiger partial charge on any atom is 0.290 e. The highest BCUT2D eigenvalue weighted by Crippen LogP contribution is 2.33. The zero-order chi connectivity index (χ0) is 26.4. The number of aromatic nitrogens is 2. The van der Waals surface area contributed by atoms with E-state index >= 15 is 0 Å². The molecule has 12 heteroatoms. The zero-order valence-corrected chi connectivity index (χ0v) is 24.0. The lowest BCUT2D eigenvalue weighted by molar-refractivity contribution is -0.134. The Morgan fingerprint density at radius 1 is 1.18 bits per heavy atom. The predicted molar refractivity (Wildman–Crippen MR) is 151 cm³/mol. The van der Waals surface area contributed by atoms with Gasteiger partial charge in [0.15, 0.2) is 5.01 Å². The smallest absolute Gasteiger partial charge is 0.290 e. The Morgan fingerprint density at radius 3 is 2.68 bits per heavy atom. The molecule has 2 aromatic heterocycles. The average molecular weight is 580 g/mol. The number of hydrogen-bond donors (Lipinski definition) is 2. The van der Waals surface area contributed by atoms with Gasteiger partial charge in [-0.05, 0) is 50.6 Å². The van der Waals surface area contributed by atoms with Crippen LogP contribution in [0.4, 0.5) is 0 Å². The van der Waals surface area contributed by atoms with Gasteiger partial charge in [-0.2, -0.15) is 0 Å². The van der Waals surface area contributed by atoms with Crippen LogP contribution >= 0.6 is 35.3 Å². The molecule has 0 spiro atoms. The minimum absolute atomic E-state index is 0. The summed E-state index contributed by atoms with van der Waals surface area (Å²) >= 11 is 7.48. The van der Waals surface area contributed by atoms with E-state index in [-0.39, 0.29) is 34.9 Å². The second kappa shape index (κ2) is 11.3. The van der Waals surface area contributed by atoms with Crippen molar-refractivity contribution in [2.75, 3.05) is 27.7 Å². The molecule has 3 atom stereocenters. The molecule has 5 rings (SSSR count). The molecule has 3 aromatic rings. The molecule has 3 unspecified atom stereocenters. The molecule has 0 bridgehead atoms. The fourth-order valence-electron chi connectivity index (χ4n) is 5.32. The van der Waals surface area contributed by atoms with Crippen LogP contribution < -0.4 is 5.73 Å². The third kappa shape index (κ3) is 5.46. The second-order valence-corrected chi connectivity index (χ2v) is 11.8. The van der Waals surface area contributed by atoms with Crippen molar-refractivity contribution in [2.24, 2.45) is 11.7 Å². The Morgan fingerprint density at radius 2 is 1.95 bits per heavy atom. The van der Waals surface area contributed by atoms with E-state index in [1.807, 2.05) is 7.05 Å². The van der Waals surface area contributed by atoms with E-state index < -0.39 is 23.9 Å². The Kier molecular flexibility index (Phi) is 8.49. The van der Waals surface area contributed by atoms with Gasteiger partial charge in [-0.3, -0.25) is 19.3 Å². The van der Waals surface area contributed by atoms with E-state index in [1.165, 1.54) is 16.2 Å². The summed E-state index contributed by atoms with van der Waals surface area (Å²) in [7, 11) is 5.46. The van der Waals surface area contributed by atoms with Crippen LogP contribution in [-0.2, 0) is 17.8 Å². The van der Waals surface area contributed by atoms with Crippen LogP contribution in [0.15, 0.2) is 24.3 Å². The lowest BCUT2D eigenvalue weighted by atomic mass is 9.81. The molecular weight excluding hydrogens is 547 g/mol. The normalized spacial score (nSPS) is 21.4. The number of aromatic amines is 1. The first-order valence-electron chi connectivity index (χ1n) is 12.4. The molecule has 204 valence electrons. The van der Waals surface area contributed by atoms with Gasteiger partial charge >= 0.3 is 0 Å². The highest BCUT2D eigenvalue weighted by Gasteiger charge is 2.42. The number of hydrogen-bond acceptors (Lipinski definition) is 7. The van der Waals surface area contributed by atoms with Gasteiger partial charge in [-0.15, -0.1) is 23.7 Å². The van der Waals surface area contributed by atoms with E-state index in [4.69, 9.17) is 17.3 Å². The fraction of sp³-hybridized carbons (Fsp3) is 0.462. The number of nitrogens with two attached hydrogens (primary N) is 1. The number of amides is 3. The van der Waals surface area contributed by atoms with Crippen molar-refractivity contribution < 1.29 is 14.4 Å². The number of carbonyl (C=O) groups excluding carboxylic acids is 3. The number of rotatable bonds is 4. The number of benzene rings is 1. The van der Waals surface area contributed by atoms with Crippen molar-refractivity contribution in [2.45, 2.75) is 44.3 Å². The summed E-state index contributed by atoms with van der Waals surface area (Å²) in [6.07, 6.45) is 2.23. The molecule has 1 aromatic carbocycles. The quantitative estimate of drug-likeness (QED) is 0.457. The topological polar surface area (TPSA) is 116 Å². The molecule has 2 aliphatic rings. The lowest BCUT2D eigenvalue weighted by Gasteiger charge is -2.39. The summed E-state index contributed by atoms with van der Waals surface area (Å²) in [5.74, 6) is -1.30. The largest absolute Gasteiger partial charge is 0.351 e. The van der Waals surface area contributed by atoms with Crippen LogP contribution in [0.5, 0.6) is 0 Å². The molecule has 1 saturated carbocycles. The van der Waals surface area contributed by atoms with Crippen molar-refractivity contribution >= 4 is 64.0 Å². The Balaban J connectivity index is 0.00000336. The zero-order valence-electron chi connectivity index (χ0n) is 21.6. The third-order valence-corrected chi connectivity index (χ3v) is 8.65. The van der Waals surface area contributed by atoms with Gasteiger partial charge in [0, 0.05) is 66.4 Å². The molecule has 0 saturated heterocycles. The van der Waals surface area contributed by atoms with Gasteiger partial charge in [0.1, 0.15) is 5.69 Å². The first kappa shape index (κ1) is 28.5. The Labute approximate surface area is 236 Å². The number of H-pyrrole nitrogens is 1. The Hall–Kier alpha value is -2.50. The summed E-state index contributed by atoms with van der Waals surface area (Å²) in [5, 5.41) is 1.60. The van der Waals surface area contributed by atoms with E-state index in [2.05, 4.69) is 14.9 Å². The molecule has 3 heterocycles. The Bertz CT molecular complexity index is 1370. The van der Waals surface area contributed by atoms with Crippen molar-refractivity contribution in [3.8, 4) is 0 Å². The monoisotopic (exact) mass is 578 g/mol. The molecular formula is C26H32Cl2N6O3S. The number of nitrogens with one attached hydrogen (secondary N) is 1. The number of carbonyl (C=O) groups is 3. The lowest BCUT2D eigenvalue weighted by Crippen LogP contribution is -2.56. The number of fused-ring (bicyclic) bond motifs is 2. The van der Waals surface area contributed by atoms with Crippen molar-refractivity contribution in [3.05, 3.63) is 50.6 Å². The van der Waals surface area contributed by atoms with E-state index in [0.717, 1.165) is 41.0 Å². The fourth-order valence-corrected chi connectivity index (χ4v) is 6.62. The first-order chi connectivity index (χ1) is 17.6. The van der Waals surface area contributed by atoms with Crippen LogP contribution in [-0.4, -0.2) is 82.2 Å². The van der Waals surface area contributed by atoms with Crippen molar-refractivity contribution in [3.63, 3.8) is 0 Å². The van der Waals surface area contributed by atoms with E-state index in [9.17, 15) is 14.4 Å². The summed E-state index contributed by atoms with van der Waals surface area (Å²) in [6, 6.07) is 5.91. The van der Waals surface area contributed by atoms with Gasteiger partial charge in [0.25, 0.3) is 11.8 Å². The van der Waals surface area contributed by atoms with Crippen molar-refractivity contribution in [1.29, 1.82) is 0 Å². The first-order valence-corrected chi connectivity index (χ1v) is 13.6. The van der Waals surface area contributed by atoms with Crippen LogP contribution in [0.2, 0.25) is 5.02 Å². The molecule has 1 aliphatic carbocycles. The summed E-state index contributed by atoms with van der Waals surface area (Å²) in [5.41, 5.74) is 8.45. The molecule has 3 N–H and O–H groups in total. The highest BCUT2D eigenvalue weighted by molar-refractivity contribution is 7.13. The second-order valence-electron chi connectivity index (χ2n) is 10.2. The maximum atomic E-state index is 14.0. The average Bonchev–Trinajstić information content (AvgIpc) is 3.48. The van der Waals surface area contributed by atoms with Crippen LogP contribution in [0.1, 0.15) is 50.1 Å². The molecule has 38 heavy (non-hydrogen) atoms. The van der Waals surface area contributed by atoms with Gasteiger partial charge in [0.2, 0.25) is 5.91 Å². The summed E-state index contributed by atoms with van der Waals surface area (Å²) in [4.78, 5) is 54.7.